The molecule has 1 atom stereocenters. The SMILES string of the molecule is CCCC(N)(CCOC)/C(O)=C\C(C)=O. The highest BCUT2D eigenvalue weighted by Gasteiger charge is 2.28. The largest absolute Gasteiger partial charge is 0.510 e. The van der Waals surface area contributed by atoms with Gasteiger partial charge < -0.3 is 15.6 Å². The molecule has 15 heavy (non-hydrogen) atoms. The van der Waals surface area contributed by atoms with Crippen LogP contribution in [0.2, 0.25) is 0 Å². The number of methoxy groups -OCH3 is 1. The number of rotatable bonds is 7. The van der Waals surface area contributed by atoms with Crippen molar-refractivity contribution in [3.63, 3.8) is 0 Å². The number of ether oxygens (including phenoxy) is 1. The number of nitrogens with two attached hydrogens (primary N) is 1. The minimum atomic E-state index is -0.837. The Labute approximate surface area is 91.1 Å². The van der Waals surface area contributed by atoms with Crippen LogP contribution in [0.5, 0.6) is 0 Å². The molecule has 0 saturated heterocycles. The van der Waals surface area contributed by atoms with Gasteiger partial charge in [0, 0.05) is 19.8 Å². The number of aliphatic hydroxyl groups excluding tert-OH is 1. The smallest absolute Gasteiger partial charge is 0.156 e. The molecule has 0 bridgehead atoms. The summed E-state index contributed by atoms with van der Waals surface area (Å²) in [4.78, 5) is 10.9. The van der Waals surface area contributed by atoms with Gasteiger partial charge in [-0.3, -0.25) is 4.79 Å². The summed E-state index contributed by atoms with van der Waals surface area (Å²) in [5.41, 5.74) is 5.20. The van der Waals surface area contributed by atoms with E-state index in [1.54, 1.807) is 7.11 Å². The van der Waals surface area contributed by atoms with Gasteiger partial charge in [-0.25, -0.2) is 0 Å². The molecule has 0 spiro atoms. The van der Waals surface area contributed by atoms with Crippen LogP contribution in [0.3, 0.4) is 0 Å². The van der Waals surface area contributed by atoms with Gasteiger partial charge in [-0.05, 0) is 19.8 Å². The molecule has 0 aromatic heterocycles. The van der Waals surface area contributed by atoms with Gasteiger partial charge in [0.05, 0.1) is 5.54 Å². The van der Waals surface area contributed by atoms with Crippen LogP contribution in [0.1, 0.15) is 33.1 Å². The Bertz CT molecular complexity index is 238. The molecule has 0 heterocycles. The molecule has 0 rings (SSSR count). The zero-order valence-corrected chi connectivity index (χ0v) is 9.75. The summed E-state index contributed by atoms with van der Waals surface area (Å²) < 4.78 is 4.94. The molecule has 0 aliphatic carbocycles. The Kier molecular flexibility index (Phi) is 6.20. The van der Waals surface area contributed by atoms with Crippen molar-refractivity contribution < 1.29 is 14.6 Å². The molecule has 88 valence electrons. The fourth-order valence-corrected chi connectivity index (χ4v) is 1.45. The lowest BCUT2D eigenvalue weighted by molar-refractivity contribution is -0.112. The van der Waals surface area contributed by atoms with Gasteiger partial charge in [-0.15, -0.1) is 0 Å². The minimum absolute atomic E-state index is 0.0473. The summed E-state index contributed by atoms with van der Waals surface area (Å²) in [7, 11) is 1.58. The normalized spacial score (nSPS) is 16.1. The topological polar surface area (TPSA) is 72.6 Å². The summed E-state index contributed by atoms with van der Waals surface area (Å²) in [6.07, 6.45) is 3.17. The molecular formula is C11H21NO3. The minimum Gasteiger partial charge on any atom is -0.510 e. The molecular weight excluding hydrogens is 194 g/mol. The maximum absolute atomic E-state index is 10.9. The first-order chi connectivity index (χ1) is 6.96. The van der Waals surface area contributed by atoms with Crippen LogP contribution in [-0.4, -0.2) is 30.1 Å². The van der Waals surface area contributed by atoms with E-state index < -0.39 is 5.54 Å². The fourth-order valence-electron chi connectivity index (χ4n) is 1.45. The summed E-state index contributed by atoms with van der Waals surface area (Å²) in [6, 6.07) is 0. The van der Waals surface area contributed by atoms with Crippen molar-refractivity contribution in [1.82, 2.24) is 0 Å². The number of hydrogen-bond donors (Lipinski definition) is 2. The van der Waals surface area contributed by atoms with E-state index in [1.165, 1.54) is 13.0 Å². The number of carbonyl (C=O) groups excluding carboxylic acids is 1. The van der Waals surface area contributed by atoms with Gasteiger partial charge >= 0.3 is 0 Å². The van der Waals surface area contributed by atoms with E-state index in [0.717, 1.165) is 6.42 Å². The third-order valence-corrected chi connectivity index (χ3v) is 2.30. The molecule has 0 radical (unpaired) electrons. The summed E-state index contributed by atoms with van der Waals surface area (Å²) in [5.74, 6) is -0.246. The van der Waals surface area contributed by atoms with Crippen LogP contribution in [0.4, 0.5) is 0 Å². The van der Waals surface area contributed by atoms with Crippen molar-refractivity contribution in [2.45, 2.75) is 38.6 Å². The predicted molar refractivity (Wildman–Crippen MR) is 59.7 cm³/mol. The first kappa shape index (κ1) is 14.1. The van der Waals surface area contributed by atoms with Gasteiger partial charge in [0.1, 0.15) is 5.76 Å². The molecule has 0 fully saturated rings. The summed E-state index contributed by atoms with van der Waals surface area (Å²) in [6.45, 7) is 3.83. The fraction of sp³-hybridized carbons (Fsp3) is 0.727. The van der Waals surface area contributed by atoms with Crippen molar-refractivity contribution >= 4 is 5.78 Å². The monoisotopic (exact) mass is 215 g/mol. The highest BCUT2D eigenvalue weighted by atomic mass is 16.5. The number of carbonyl (C=O) groups is 1. The molecule has 3 N–H and O–H groups in total. The second-order valence-corrected chi connectivity index (χ2v) is 3.79. The molecule has 0 amide bonds. The molecule has 0 saturated carbocycles. The lowest BCUT2D eigenvalue weighted by Gasteiger charge is -2.28. The standard InChI is InChI=1S/C11H21NO3/c1-4-5-11(12,6-7-15-3)10(14)8-9(2)13/h8,14H,4-7,12H2,1-3H3/b10-8+. The third kappa shape index (κ3) is 4.95. The van der Waals surface area contributed by atoms with Crippen LogP contribution in [-0.2, 0) is 9.53 Å². The zero-order chi connectivity index (χ0) is 11.9. The molecule has 4 heteroatoms. The van der Waals surface area contributed by atoms with Gasteiger partial charge in [0.25, 0.3) is 0 Å². The number of aliphatic hydroxyl groups is 1. The quantitative estimate of drug-likeness (QED) is 0.499. The van der Waals surface area contributed by atoms with Crippen molar-refractivity contribution in [2.75, 3.05) is 13.7 Å². The summed E-state index contributed by atoms with van der Waals surface area (Å²) in [5, 5.41) is 9.76. The molecule has 1 unspecified atom stereocenters. The second-order valence-electron chi connectivity index (χ2n) is 3.79. The van der Waals surface area contributed by atoms with Crippen LogP contribution < -0.4 is 5.73 Å². The Balaban J connectivity index is 4.67. The number of ketones is 1. The highest BCUT2D eigenvalue weighted by molar-refractivity contribution is 5.87. The van der Waals surface area contributed by atoms with E-state index >= 15 is 0 Å². The Morgan fingerprint density at radius 2 is 2.13 bits per heavy atom. The Morgan fingerprint density at radius 1 is 1.53 bits per heavy atom. The zero-order valence-electron chi connectivity index (χ0n) is 9.75. The lowest BCUT2D eigenvalue weighted by atomic mass is 9.88. The van der Waals surface area contributed by atoms with Crippen LogP contribution in [0.15, 0.2) is 11.8 Å². The first-order valence-electron chi connectivity index (χ1n) is 5.15. The van der Waals surface area contributed by atoms with Crippen molar-refractivity contribution in [3.8, 4) is 0 Å². The predicted octanol–water partition coefficient (Wildman–Crippen LogP) is 1.55. The lowest BCUT2D eigenvalue weighted by Crippen LogP contribution is -2.43. The average Bonchev–Trinajstić information content (AvgIpc) is 2.14. The number of hydrogen-bond acceptors (Lipinski definition) is 4. The van der Waals surface area contributed by atoms with Crippen LogP contribution in [0, 0.1) is 0 Å². The third-order valence-electron chi connectivity index (χ3n) is 2.30. The molecule has 4 nitrogen and oxygen atoms in total. The van der Waals surface area contributed by atoms with Gasteiger partial charge in [0.15, 0.2) is 5.78 Å². The average molecular weight is 215 g/mol. The van der Waals surface area contributed by atoms with Crippen LogP contribution >= 0.6 is 0 Å². The van der Waals surface area contributed by atoms with E-state index in [0.29, 0.717) is 19.4 Å². The Hall–Kier alpha value is -0.870. The van der Waals surface area contributed by atoms with Crippen molar-refractivity contribution in [3.05, 3.63) is 11.8 Å². The second kappa shape index (κ2) is 6.58. The Morgan fingerprint density at radius 3 is 2.53 bits per heavy atom. The van der Waals surface area contributed by atoms with Crippen LogP contribution in [0.25, 0.3) is 0 Å². The highest BCUT2D eigenvalue weighted by Crippen LogP contribution is 2.22. The summed E-state index contributed by atoms with van der Waals surface area (Å²) >= 11 is 0. The molecule has 0 aromatic rings. The van der Waals surface area contributed by atoms with Crippen molar-refractivity contribution in [1.29, 1.82) is 0 Å². The maximum Gasteiger partial charge on any atom is 0.156 e. The number of allylic oxidation sites excluding steroid dienone is 1. The molecule has 0 aromatic carbocycles. The van der Waals surface area contributed by atoms with E-state index in [1.807, 2.05) is 6.92 Å². The molecule has 0 aliphatic heterocycles. The van der Waals surface area contributed by atoms with E-state index in [2.05, 4.69) is 0 Å². The van der Waals surface area contributed by atoms with E-state index in [-0.39, 0.29) is 11.5 Å². The van der Waals surface area contributed by atoms with Crippen molar-refractivity contribution in [2.24, 2.45) is 5.73 Å². The van der Waals surface area contributed by atoms with Gasteiger partial charge in [0.2, 0.25) is 0 Å². The van der Waals surface area contributed by atoms with Gasteiger partial charge in [-0.2, -0.15) is 0 Å². The van der Waals surface area contributed by atoms with E-state index in [9.17, 15) is 9.90 Å². The molecule has 0 aliphatic rings. The van der Waals surface area contributed by atoms with Gasteiger partial charge in [-0.1, -0.05) is 13.3 Å². The van der Waals surface area contributed by atoms with E-state index in [4.69, 9.17) is 10.5 Å². The first-order valence-corrected chi connectivity index (χ1v) is 5.15. The maximum atomic E-state index is 10.9.